The van der Waals surface area contributed by atoms with E-state index in [1.807, 2.05) is 18.0 Å². The van der Waals surface area contributed by atoms with Crippen LogP contribution in [-0.4, -0.2) is 22.1 Å². The summed E-state index contributed by atoms with van der Waals surface area (Å²) in [5.41, 5.74) is 2.31. The van der Waals surface area contributed by atoms with Gasteiger partial charge in [-0.25, -0.2) is 14.4 Å². The van der Waals surface area contributed by atoms with Gasteiger partial charge < -0.3 is 15.3 Å². The standard InChI is InChI=1S/C17H15FN4O/c1-22(14-7-5-12(18)6-8-14)15-10-19-17(20-11-15)21-13-3-2-4-16(23)9-13/h2-11,23H,1H3,(H,19,20,21). The highest BCUT2D eigenvalue weighted by molar-refractivity contribution is 5.62. The average Bonchev–Trinajstić information content (AvgIpc) is 2.56. The van der Waals surface area contributed by atoms with E-state index in [4.69, 9.17) is 0 Å². The maximum Gasteiger partial charge on any atom is 0.227 e. The van der Waals surface area contributed by atoms with Gasteiger partial charge in [0, 0.05) is 24.5 Å². The van der Waals surface area contributed by atoms with Gasteiger partial charge in [0.05, 0.1) is 18.1 Å². The topological polar surface area (TPSA) is 61.3 Å². The van der Waals surface area contributed by atoms with E-state index in [2.05, 4.69) is 15.3 Å². The molecule has 2 aromatic carbocycles. The molecule has 0 atom stereocenters. The van der Waals surface area contributed by atoms with Crippen molar-refractivity contribution in [2.24, 2.45) is 0 Å². The molecule has 1 aromatic heterocycles. The summed E-state index contributed by atoms with van der Waals surface area (Å²) in [6.45, 7) is 0. The molecule has 3 rings (SSSR count). The molecular weight excluding hydrogens is 295 g/mol. The van der Waals surface area contributed by atoms with Crippen molar-refractivity contribution >= 4 is 23.0 Å². The third kappa shape index (κ3) is 3.55. The number of phenolic OH excluding ortho intramolecular Hbond substituents is 1. The second kappa shape index (κ2) is 6.31. The van der Waals surface area contributed by atoms with E-state index < -0.39 is 0 Å². The number of hydrogen-bond acceptors (Lipinski definition) is 5. The zero-order valence-corrected chi connectivity index (χ0v) is 12.4. The lowest BCUT2D eigenvalue weighted by molar-refractivity contribution is 0.475. The summed E-state index contributed by atoms with van der Waals surface area (Å²) < 4.78 is 13.0. The van der Waals surface area contributed by atoms with Gasteiger partial charge in [-0.2, -0.15) is 0 Å². The summed E-state index contributed by atoms with van der Waals surface area (Å²) >= 11 is 0. The number of nitrogens with one attached hydrogen (secondary N) is 1. The first-order valence-corrected chi connectivity index (χ1v) is 6.99. The Morgan fingerprint density at radius 3 is 2.35 bits per heavy atom. The van der Waals surface area contributed by atoms with Crippen LogP contribution in [0.1, 0.15) is 0 Å². The van der Waals surface area contributed by atoms with Gasteiger partial charge in [0.1, 0.15) is 11.6 Å². The van der Waals surface area contributed by atoms with Crippen molar-refractivity contribution in [2.75, 3.05) is 17.3 Å². The normalized spacial score (nSPS) is 10.3. The lowest BCUT2D eigenvalue weighted by Crippen LogP contribution is -2.10. The molecule has 5 nitrogen and oxygen atoms in total. The van der Waals surface area contributed by atoms with E-state index in [9.17, 15) is 9.50 Å². The molecular formula is C17H15FN4O. The lowest BCUT2D eigenvalue weighted by atomic mass is 10.3. The first-order chi connectivity index (χ1) is 11.1. The molecule has 0 unspecified atom stereocenters. The molecule has 0 radical (unpaired) electrons. The van der Waals surface area contributed by atoms with Crippen molar-refractivity contribution in [3.05, 3.63) is 66.7 Å². The van der Waals surface area contributed by atoms with E-state index in [0.29, 0.717) is 11.6 Å². The zero-order valence-electron chi connectivity index (χ0n) is 12.4. The highest BCUT2D eigenvalue weighted by Gasteiger charge is 2.06. The molecule has 0 aliphatic carbocycles. The van der Waals surface area contributed by atoms with Crippen LogP contribution in [0.4, 0.5) is 27.4 Å². The highest BCUT2D eigenvalue weighted by atomic mass is 19.1. The van der Waals surface area contributed by atoms with Gasteiger partial charge >= 0.3 is 0 Å². The van der Waals surface area contributed by atoms with Gasteiger partial charge in [0.15, 0.2) is 0 Å². The summed E-state index contributed by atoms with van der Waals surface area (Å²) in [6, 6.07) is 12.9. The minimum Gasteiger partial charge on any atom is -0.508 e. The fourth-order valence-electron chi connectivity index (χ4n) is 2.09. The molecule has 0 aliphatic rings. The highest BCUT2D eigenvalue weighted by Crippen LogP contribution is 2.23. The SMILES string of the molecule is CN(c1ccc(F)cc1)c1cnc(Nc2cccc(O)c2)nc1. The van der Waals surface area contributed by atoms with Crippen molar-refractivity contribution in [1.29, 1.82) is 0 Å². The number of phenols is 1. The molecule has 0 amide bonds. The van der Waals surface area contributed by atoms with Crippen molar-refractivity contribution < 1.29 is 9.50 Å². The zero-order chi connectivity index (χ0) is 16.2. The monoisotopic (exact) mass is 310 g/mol. The van der Waals surface area contributed by atoms with Crippen LogP contribution in [0.25, 0.3) is 0 Å². The molecule has 2 N–H and O–H groups in total. The van der Waals surface area contributed by atoms with Gasteiger partial charge in [-0.3, -0.25) is 0 Å². The molecule has 0 saturated heterocycles. The van der Waals surface area contributed by atoms with Gasteiger partial charge in [0.2, 0.25) is 5.95 Å². The third-order valence-corrected chi connectivity index (χ3v) is 3.34. The fourth-order valence-corrected chi connectivity index (χ4v) is 2.09. The fraction of sp³-hybridized carbons (Fsp3) is 0.0588. The predicted molar refractivity (Wildman–Crippen MR) is 87.9 cm³/mol. The van der Waals surface area contributed by atoms with Crippen LogP contribution < -0.4 is 10.2 Å². The van der Waals surface area contributed by atoms with Crippen LogP contribution in [0, 0.1) is 5.82 Å². The number of hydrogen-bond donors (Lipinski definition) is 2. The molecule has 0 saturated carbocycles. The van der Waals surface area contributed by atoms with Gasteiger partial charge in [-0.15, -0.1) is 0 Å². The lowest BCUT2D eigenvalue weighted by Gasteiger charge is -2.18. The largest absolute Gasteiger partial charge is 0.508 e. The Labute approximate surface area is 133 Å². The van der Waals surface area contributed by atoms with Crippen LogP contribution in [0.3, 0.4) is 0 Å². The average molecular weight is 310 g/mol. The number of halogens is 1. The van der Waals surface area contributed by atoms with Gasteiger partial charge in [-0.05, 0) is 36.4 Å². The van der Waals surface area contributed by atoms with Crippen LogP contribution >= 0.6 is 0 Å². The van der Waals surface area contributed by atoms with Crippen LogP contribution in [0.5, 0.6) is 5.75 Å². The summed E-state index contributed by atoms with van der Waals surface area (Å²) in [6.07, 6.45) is 3.34. The smallest absolute Gasteiger partial charge is 0.227 e. The van der Waals surface area contributed by atoms with Crippen LogP contribution in [0.2, 0.25) is 0 Å². The van der Waals surface area contributed by atoms with E-state index >= 15 is 0 Å². The molecule has 116 valence electrons. The molecule has 23 heavy (non-hydrogen) atoms. The predicted octanol–water partition coefficient (Wildman–Crippen LogP) is 3.83. The van der Waals surface area contributed by atoms with E-state index in [0.717, 1.165) is 11.4 Å². The maximum absolute atomic E-state index is 13.0. The molecule has 1 heterocycles. The van der Waals surface area contributed by atoms with E-state index in [1.54, 1.807) is 42.7 Å². The van der Waals surface area contributed by atoms with Crippen LogP contribution in [-0.2, 0) is 0 Å². The molecule has 3 aromatic rings. The van der Waals surface area contributed by atoms with Crippen molar-refractivity contribution in [3.8, 4) is 5.75 Å². The third-order valence-electron chi connectivity index (χ3n) is 3.34. The summed E-state index contributed by atoms with van der Waals surface area (Å²) in [5, 5.41) is 12.4. The number of benzene rings is 2. The van der Waals surface area contributed by atoms with E-state index in [-0.39, 0.29) is 11.6 Å². The first kappa shape index (κ1) is 14.8. The van der Waals surface area contributed by atoms with Gasteiger partial charge in [0.25, 0.3) is 0 Å². The van der Waals surface area contributed by atoms with Crippen molar-refractivity contribution in [2.45, 2.75) is 0 Å². The quantitative estimate of drug-likeness (QED) is 0.767. The summed E-state index contributed by atoms with van der Waals surface area (Å²) in [4.78, 5) is 10.4. The Hall–Kier alpha value is -3.15. The minimum atomic E-state index is -0.274. The summed E-state index contributed by atoms with van der Waals surface area (Å²) in [5.74, 6) is 0.318. The Morgan fingerprint density at radius 1 is 1.00 bits per heavy atom. The number of rotatable bonds is 4. The number of aromatic nitrogens is 2. The van der Waals surface area contributed by atoms with Gasteiger partial charge in [-0.1, -0.05) is 6.07 Å². The summed E-state index contributed by atoms with van der Waals surface area (Å²) in [7, 11) is 1.86. The second-order valence-electron chi connectivity index (χ2n) is 4.98. The van der Waals surface area contributed by atoms with Crippen LogP contribution in [0.15, 0.2) is 60.9 Å². The molecule has 0 bridgehead atoms. The maximum atomic E-state index is 13.0. The molecule has 6 heteroatoms. The Morgan fingerprint density at radius 2 is 1.70 bits per heavy atom. The Balaban J connectivity index is 1.75. The second-order valence-corrected chi connectivity index (χ2v) is 4.98. The number of nitrogens with zero attached hydrogens (tertiary/aromatic N) is 3. The van der Waals surface area contributed by atoms with Crippen molar-refractivity contribution in [1.82, 2.24) is 9.97 Å². The number of aromatic hydroxyl groups is 1. The molecule has 0 aliphatic heterocycles. The first-order valence-electron chi connectivity index (χ1n) is 6.99. The Bertz CT molecular complexity index is 790. The van der Waals surface area contributed by atoms with Crippen molar-refractivity contribution in [3.63, 3.8) is 0 Å². The molecule has 0 spiro atoms. The molecule has 0 fully saturated rings. The van der Waals surface area contributed by atoms with E-state index in [1.165, 1.54) is 12.1 Å². The Kier molecular flexibility index (Phi) is 4.05. The number of anilines is 4. The minimum absolute atomic E-state index is 0.169.